The van der Waals surface area contributed by atoms with E-state index < -0.39 is 5.97 Å². The SMILES string of the molecule is C=CCOCn1cc(N)cc1C(=O)OC. The second-order valence-corrected chi connectivity index (χ2v) is 2.91. The molecule has 1 heterocycles. The summed E-state index contributed by atoms with van der Waals surface area (Å²) in [4.78, 5) is 11.3. The molecule has 0 bridgehead atoms. The first-order valence-electron chi connectivity index (χ1n) is 4.41. The summed E-state index contributed by atoms with van der Waals surface area (Å²) >= 11 is 0. The molecule has 0 aliphatic rings. The van der Waals surface area contributed by atoms with E-state index in [2.05, 4.69) is 11.3 Å². The first-order valence-corrected chi connectivity index (χ1v) is 4.41. The van der Waals surface area contributed by atoms with Crippen LogP contribution in [0.15, 0.2) is 24.9 Å². The van der Waals surface area contributed by atoms with Crippen LogP contribution in [0.2, 0.25) is 0 Å². The van der Waals surface area contributed by atoms with Crippen LogP contribution >= 0.6 is 0 Å². The van der Waals surface area contributed by atoms with Gasteiger partial charge in [-0.25, -0.2) is 4.79 Å². The van der Waals surface area contributed by atoms with Gasteiger partial charge in [0.15, 0.2) is 0 Å². The molecule has 0 aromatic carbocycles. The molecule has 5 nitrogen and oxygen atoms in total. The van der Waals surface area contributed by atoms with E-state index in [0.29, 0.717) is 18.0 Å². The Kier molecular flexibility index (Phi) is 3.93. The molecule has 0 radical (unpaired) electrons. The van der Waals surface area contributed by atoms with E-state index in [0.717, 1.165) is 0 Å². The standard InChI is InChI=1S/C10H14N2O3/c1-3-4-15-7-12-6-8(11)5-9(12)10(13)14-2/h3,5-6H,1,4,7,11H2,2H3. The van der Waals surface area contributed by atoms with Crippen LogP contribution in [-0.4, -0.2) is 24.3 Å². The Balaban J connectivity index is 2.76. The van der Waals surface area contributed by atoms with Gasteiger partial charge in [0.25, 0.3) is 0 Å². The number of ether oxygens (including phenoxy) is 2. The lowest BCUT2D eigenvalue weighted by atomic mass is 10.4. The second kappa shape index (κ2) is 5.21. The number of aromatic nitrogens is 1. The molecule has 2 N–H and O–H groups in total. The molecule has 0 amide bonds. The van der Waals surface area contributed by atoms with Crippen LogP contribution in [0.4, 0.5) is 5.69 Å². The van der Waals surface area contributed by atoms with E-state index in [1.807, 2.05) is 0 Å². The smallest absolute Gasteiger partial charge is 0.354 e. The summed E-state index contributed by atoms with van der Waals surface area (Å²) < 4.78 is 11.4. The number of methoxy groups -OCH3 is 1. The molecule has 0 unspecified atom stereocenters. The molecule has 0 saturated carbocycles. The van der Waals surface area contributed by atoms with Crippen LogP contribution in [0.25, 0.3) is 0 Å². The third-order valence-corrected chi connectivity index (χ3v) is 1.78. The minimum Gasteiger partial charge on any atom is -0.464 e. The highest BCUT2D eigenvalue weighted by molar-refractivity contribution is 5.88. The maximum atomic E-state index is 11.3. The van der Waals surface area contributed by atoms with E-state index in [-0.39, 0.29) is 6.73 Å². The third-order valence-electron chi connectivity index (χ3n) is 1.78. The molecule has 5 heteroatoms. The molecule has 1 aromatic rings. The number of nitrogens with two attached hydrogens (primary N) is 1. The molecular formula is C10H14N2O3. The van der Waals surface area contributed by atoms with Crippen molar-refractivity contribution >= 4 is 11.7 Å². The van der Waals surface area contributed by atoms with Crippen molar-refractivity contribution < 1.29 is 14.3 Å². The number of nitrogen functional groups attached to an aromatic ring is 1. The zero-order chi connectivity index (χ0) is 11.3. The van der Waals surface area contributed by atoms with Gasteiger partial charge in [0.1, 0.15) is 12.4 Å². The van der Waals surface area contributed by atoms with Gasteiger partial charge in [-0.2, -0.15) is 0 Å². The Bertz CT molecular complexity index is 358. The average molecular weight is 210 g/mol. The average Bonchev–Trinajstić information content (AvgIpc) is 2.59. The van der Waals surface area contributed by atoms with Gasteiger partial charge in [-0.3, -0.25) is 0 Å². The van der Waals surface area contributed by atoms with Gasteiger partial charge >= 0.3 is 5.97 Å². The molecule has 0 aliphatic carbocycles. The quantitative estimate of drug-likeness (QED) is 0.447. The minimum absolute atomic E-state index is 0.244. The lowest BCUT2D eigenvalue weighted by Gasteiger charge is -2.06. The summed E-state index contributed by atoms with van der Waals surface area (Å²) in [6.45, 7) is 4.18. The largest absolute Gasteiger partial charge is 0.464 e. The predicted molar refractivity (Wildman–Crippen MR) is 56.3 cm³/mol. The van der Waals surface area contributed by atoms with E-state index in [4.69, 9.17) is 10.5 Å². The topological polar surface area (TPSA) is 66.5 Å². The first kappa shape index (κ1) is 11.3. The lowest BCUT2D eigenvalue weighted by Crippen LogP contribution is -2.11. The fraction of sp³-hybridized carbons (Fsp3) is 0.300. The molecule has 1 rings (SSSR count). The molecule has 0 atom stereocenters. The number of nitrogens with zero attached hydrogens (tertiary/aromatic N) is 1. The van der Waals surface area contributed by atoms with Gasteiger partial charge < -0.3 is 19.8 Å². The van der Waals surface area contributed by atoms with Gasteiger partial charge in [-0.15, -0.1) is 6.58 Å². The highest BCUT2D eigenvalue weighted by Crippen LogP contribution is 2.11. The summed E-state index contributed by atoms with van der Waals surface area (Å²) in [6.07, 6.45) is 3.25. The molecule has 0 saturated heterocycles. The number of hydrogen-bond donors (Lipinski definition) is 1. The van der Waals surface area contributed by atoms with Gasteiger partial charge in [-0.1, -0.05) is 6.08 Å². The van der Waals surface area contributed by atoms with Crippen molar-refractivity contribution in [1.82, 2.24) is 4.57 Å². The number of anilines is 1. The first-order chi connectivity index (χ1) is 7.19. The predicted octanol–water partition coefficient (Wildman–Crippen LogP) is 1.02. The number of esters is 1. The monoisotopic (exact) mass is 210 g/mol. The molecule has 0 spiro atoms. The van der Waals surface area contributed by atoms with Gasteiger partial charge in [0.2, 0.25) is 0 Å². The summed E-state index contributed by atoms with van der Waals surface area (Å²) in [5, 5.41) is 0. The summed E-state index contributed by atoms with van der Waals surface area (Å²) in [5.74, 6) is -0.436. The van der Waals surface area contributed by atoms with Crippen molar-refractivity contribution in [2.24, 2.45) is 0 Å². The van der Waals surface area contributed by atoms with Gasteiger partial charge in [-0.05, 0) is 6.07 Å². The van der Waals surface area contributed by atoms with Crippen molar-refractivity contribution in [1.29, 1.82) is 0 Å². The van der Waals surface area contributed by atoms with Gasteiger partial charge in [0, 0.05) is 6.20 Å². The zero-order valence-electron chi connectivity index (χ0n) is 8.60. The Hall–Kier alpha value is -1.75. The van der Waals surface area contributed by atoms with Crippen molar-refractivity contribution in [3.8, 4) is 0 Å². The summed E-state index contributed by atoms with van der Waals surface area (Å²) in [7, 11) is 1.32. The van der Waals surface area contributed by atoms with E-state index in [9.17, 15) is 4.79 Å². The van der Waals surface area contributed by atoms with Crippen molar-refractivity contribution in [2.45, 2.75) is 6.73 Å². The number of carbonyl (C=O) groups is 1. The Morgan fingerprint density at radius 2 is 2.47 bits per heavy atom. The number of carbonyl (C=O) groups excluding carboxylic acids is 1. The van der Waals surface area contributed by atoms with E-state index in [1.54, 1.807) is 22.9 Å². The van der Waals surface area contributed by atoms with Crippen LogP contribution in [-0.2, 0) is 16.2 Å². The molecule has 0 fully saturated rings. The normalized spacial score (nSPS) is 9.93. The molecule has 15 heavy (non-hydrogen) atoms. The minimum atomic E-state index is -0.436. The second-order valence-electron chi connectivity index (χ2n) is 2.91. The number of hydrogen-bond acceptors (Lipinski definition) is 4. The highest BCUT2D eigenvalue weighted by Gasteiger charge is 2.12. The third kappa shape index (κ3) is 2.85. The van der Waals surface area contributed by atoms with Crippen LogP contribution in [0.1, 0.15) is 10.5 Å². The molecule has 0 aliphatic heterocycles. The van der Waals surface area contributed by atoms with Crippen LogP contribution in [0.3, 0.4) is 0 Å². The van der Waals surface area contributed by atoms with Crippen LogP contribution in [0, 0.1) is 0 Å². The fourth-order valence-electron chi connectivity index (χ4n) is 1.15. The van der Waals surface area contributed by atoms with Crippen molar-refractivity contribution in [3.63, 3.8) is 0 Å². The van der Waals surface area contributed by atoms with Crippen LogP contribution < -0.4 is 5.73 Å². The highest BCUT2D eigenvalue weighted by atomic mass is 16.5. The Morgan fingerprint density at radius 1 is 1.73 bits per heavy atom. The lowest BCUT2D eigenvalue weighted by molar-refractivity contribution is 0.0553. The number of rotatable bonds is 5. The fourth-order valence-corrected chi connectivity index (χ4v) is 1.15. The summed E-state index contributed by atoms with van der Waals surface area (Å²) in [6, 6.07) is 1.54. The molecule has 1 aromatic heterocycles. The summed E-state index contributed by atoms with van der Waals surface area (Å²) in [5.41, 5.74) is 6.44. The van der Waals surface area contributed by atoms with Crippen LogP contribution in [0.5, 0.6) is 0 Å². The molecular weight excluding hydrogens is 196 g/mol. The van der Waals surface area contributed by atoms with E-state index in [1.165, 1.54) is 7.11 Å². The maximum Gasteiger partial charge on any atom is 0.354 e. The maximum absolute atomic E-state index is 11.3. The van der Waals surface area contributed by atoms with E-state index >= 15 is 0 Å². The molecule has 82 valence electrons. The zero-order valence-corrected chi connectivity index (χ0v) is 8.60. The van der Waals surface area contributed by atoms with Gasteiger partial charge in [0.05, 0.1) is 19.4 Å². The Morgan fingerprint density at radius 3 is 3.07 bits per heavy atom. The Labute approximate surface area is 88.1 Å². The van der Waals surface area contributed by atoms with Crippen molar-refractivity contribution in [2.75, 3.05) is 19.5 Å². The van der Waals surface area contributed by atoms with Crippen molar-refractivity contribution in [3.05, 3.63) is 30.6 Å².